The molecule has 0 fully saturated rings. The quantitative estimate of drug-likeness (QED) is 0.731. The summed E-state index contributed by atoms with van der Waals surface area (Å²) in [6, 6.07) is 11.3. The van der Waals surface area contributed by atoms with E-state index in [1.54, 1.807) is 0 Å². The van der Waals surface area contributed by atoms with Gasteiger partial charge in [-0.05, 0) is 56.1 Å². The molecule has 0 atom stereocenters. The smallest absolute Gasteiger partial charge is 0.254 e. The summed E-state index contributed by atoms with van der Waals surface area (Å²) in [4.78, 5) is 18.2. The molecular formula is C22H24FN3O. The maximum Gasteiger partial charge on any atom is 0.254 e. The van der Waals surface area contributed by atoms with E-state index in [0.717, 1.165) is 35.2 Å². The average molecular weight is 365 g/mol. The van der Waals surface area contributed by atoms with Crippen LogP contribution in [0.4, 0.5) is 4.39 Å². The third-order valence-electron chi connectivity index (χ3n) is 5.31. The number of aromatic amines is 1. The number of rotatable bonds is 4. The third kappa shape index (κ3) is 3.02. The van der Waals surface area contributed by atoms with E-state index in [1.165, 1.54) is 17.7 Å². The average Bonchev–Trinajstić information content (AvgIpc) is 2.92. The molecule has 2 aromatic carbocycles. The summed E-state index contributed by atoms with van der Waals surface area (Å²) in [5, 5.41) is 4.01. The lowest BCUT2D eigenvalue weighted by molar-refractivity contribution is 0.0713. The zero-order valence-corrected chi connectivity index (χ0v) is 15.9. The molecule has 140 valence electrons. The van der Waals surface area contributed by atoms with Crippen LogP contribution < -0.4 is 5.32 Å². The van der Waals surface area contributed by atoms with Crippen molar-refractivity contribution in [2.45, 2.75) is 32.9 Å². The Balaban J connectivity index is 1.89. The van der Waals surface area contributed by atoms with Crippen molar-refractivity contribution in [2.24, 2.45) is 0 Å². The summed E-state index contributed by atoms with van der Waals surface area (Å²) < 4.78 is 14.2. The minimum absolute atomic E-state index is 0.0769. The van der Waals surface area contributed by atoms with Gasteiger partial charge in [0, 0.05) is 35.7 Å². The second kappa shape index (κ2) is 6.82. The highest BCUT2D eigenvalue weighted by atomic mass is 19.1. The summed E-state index contributed by atoms with van der Waals surface area (Å²) in [5.74, 6) is -0.483. The van der Waals surface area contributed by atoms with Gasteiger partial charge in [-0.25, -0.2) is 4.39 Å². The number of nitrogens with zero attached hydrogens (tertiary/aromatic N) is 1. The molecule has 0 saturated carbocycles. The van der Waals surface area contributed by atoms with E-state index in [2.05, 4.69) is 34.6 Å². The van der Waals surface area contributed by atoms with E-state index in [0.29, 0.717) is 17.6 Å². The normalized spacial score (nSPS) is 14.3. The topological polar surface area (TPSA) is 48.1 Å². The van der Waals surface area contributed by atoms with E-state index < -0.39 is 0 Å². The summed E-state index contributed by atoms with van der Waals surface area (Å²) in [6.45, 7) is 5.44. The molecule has 0 saturated heterocycles. The number of amides is 1. The SMILES string of the molecule is CNCc1ccc(-c2[nH]c3cc(F)cc4c3c2CCN(C(C)C)C4=O)cc1. The summed E-state index contributed by atoms with van der Waals surface area (Å²) in [5.41, 5.74) is 5.48. The second-order valence-corrected chi connectivity index (χ2v) is 7.42. The molecule has 0 unspecified atom stereocenters. The Labute approximate surface area is 158 Å². The number of carbonyl (C=O) groups is 1. The number of H-pyrrole nitrogens is 1. The minimum atomic E-state index is -0.389. The van der Waals surface area contributed by atoms with Gasteiger partial charge in [-0.2, -0.15) is 0 Å². The molecular weight excluding hydrogens is 341 g/mol. The van der Waals surface area contributed by atoms with Gasteiger partial charge < -0.3 is 15.2 Å². The number of halogens is 1. The molecule has 2 heterocycles. The van der Waals surface area contributed by atoms with Gasteiger partial charge in [0.25, 0.3) is 5.91 Å². The molecule has 0 spiro atoms. The molecule has 2 N–H and O–H groups in total. The Kier molecular flexibility index (Phi) is 4.48. The summed E-state index contributed by atoms with van der Waals surface area (Å²) in [7, 11) is 1.92. The first-order valence-electron chi connectivity index (χ1n) is 9.38. The highest BCUT2D eigenvalue weighted by molar-refractivity contribution is 6.10. The molecule has 1 aliphatic rings. The van der Waals surface area contributed by atoms with Crippen LogP contribution in [0.1, 0.15) is 35.3 Å². The maximum absolute atomic E-state index is 14.2. The van der Waals surface area contributed by atoms with Crippen molar-refractivity contribution in [1.82, 2.24) is 15.2 Å². The highest BCUT2D eigenvalue weighted by Gasteiger charge is 2.29. The lowest BCUT2D eigenvalue weighted by Crippen LogP contribution is -2.37. The van der Waals surface area contributed by atoms with E-state index in [-0.39, 0.29) is 17.8 Å². The van der Waals surface area contributed by atoms with Crippen molar-refractivity contribution in [3.63, 3.8) is 0 Å². The molecule has 1 amide bonds. The van der Waals surface area contributed by atoms with Crippen LogP contribution in [-0.2, 0) is 13.0 Å². The fraction of sp³-hybridized carbons (Fsp3) is 0.318. The molecule has 0 radical (unpaired) electrons. The second-order valence-electron chi connectivity index (χ2n) is 7.42. The molecule has 4 rings (SSSR count). The van der Waals surface area contributed by atoms with Crippen molar-refractivity contribution in [1.29, 1.82) is 0 Å². The van der Waals surface area contributed by atoms with E-state index in [9.17, 15) is 9.18 Å². The van der Waals surface area contributed by atoms with Crippen LogP contribution in [0.15, 0.2) is 36.4 Å². The van der Waals surface area contributed by atoms with Gasteiger partial charge >= 0.3 is 0 Å². The van der Waals surface area contributed by atoms with Crippen LogP contribution in [-0.4, -0.2) is 35.4 Å². The Morgan fingerprint density at radius 2 is 1.96 bits per heavy atom. The number of carbonyl (C=O) groups excluding carboxylic acids is 1. The zero-order valence-electron chi connectivity index (χ0n) is 15.9. The molecule has 1 aliphatic heterocycles. The lowest BCUT2D eigenvalue weighted by atomic mass is 9.99. The van der Waals surface area contributed by atoms with Crippen molar-refractivity contribution in [3.8, 4) is 11.3 Å². The fourth-order valence-electron chi connectivity index (χ4n) is 4.01. The third-order valence-corrected chi connectivity index (χ3v) is 5.31. The monoisotopic (exact) mass is 365 g/mol. The molecule has 5 heteroatoms. The standard InChI is InChI=1S/C22H24FN3O/c1-13(2)26-9-8-17-20-18(22(26)27)10-16(23)11-19(20)25-21(17)15-6-4-14(5-7-15)12-24-3/h4-7,10-11,13,24-25H,8-9,12H2,1-3H3. The van der Waals surface area contributed by atoms with Crippen LogP contribution in [0.5, 0.6) is 0 Å². The van der Waals surface area contributed by atoms with Gasteiger partial charge in [-0.1, -0.05) is 24.3 Å². The van der Waals surface area contributed by atoms with Crippen LogP contribution in [0.2, 0.25) is 0 Å². The Morgan fingerprint density at radius 1 is 1.22 bits per heavy atom. The Morgan fingerprint density at radius 3 is 2.63 bits per heavy atom. The molecule has 0 aliphatic carbocycles. The van der Waals surface area contributed by atoms with Crippen LogP contribution in [0, 0.1) is 5.82 Å². The van der Waals surface area contributed by atoms with Crippen LogP contribution in [0.3, 0.4) is 0 Å². The molecule has 4 nitrogen and oxygen atoms in total. The van der Waals surface area contributed by atoms with Crippen LogP contribution in [0.25, 0.3) is 22.2 Å². The number of nitrogens with one attached hydrogen (secondary N) is 2. The number of hydrogen-bond acceptors (Lipinski definition) is 2. The Hall–Kier alpha value is -2.66. The minimum Gasteiger partial charge on any atom is -0.354 e. The van der Waals surface area contributed by atoms with Gasteiger partial charge in [-0.3, -0.25) is 4.79 Å². The van der Waals surface area contributed by atoms with Gasteiger partial charge in [0.05, 0.1) is 5.56 Å². The number of aromatic nitrogens is 1. The first-order valence-corrected chi connectivity index (χ1v) is 9.38. The summed E-state index contributed by atoms with van der Waals surface area (Å²) >= 11 is 0. The van der Waals surface area contributed by atoms with Crippen molar-refractivity contribution in [2.75, 3.05) is 13.6 Å². The van der Waals surface area contributed by atoms with Crippen molar-refractivity contribution in [3.05, 3.63) is 58.9 Å². The van der Waals surface area contributed by atoms with Gasteiger partial charge in [-0.15, -0.1) is 0 Å². The van der Waals surface area contributed by atoms with Gasteiger partial charge in [0.2, 0.25) is 0 Å². The lowest BCUT2D eigenvalue weighted by Gasteiger charge is -2.25. The van der Waals surface area contributed by atoms with E-state index >= 15 is 0 Å². The largest absolute Gasteiger partial charge is 0.354 e. The molecule has 27 heavy (non-hydrogen) atoms. The Bertz CT molecular complexity index is 1000. The van der Waals surface area contributed by atoms with Gasteiger partial charge in [0.1, 0.15) is 5.82 Å². The fourth-order valence-corrected chi connectivity index (χ4v) is 4.01. The maximum atomic E-state index is 14.2. The van der Waals surface area contributed by atoms with Crippen LogP contribution >= 0.6 is 0 Å². The predicted molar refractivity (Wildman–Crippen MR) is 106 cm³/mol. The number of benzene rings is 2. The number of hydrogen-bond donors (Lipinski definition) is 2. The molecule has 0 bridgehead atoms. The molecule has 1 aromatic heterocycles. The predicted octanol–water partition coefficient (Wildman–Crippen LogP) is 4.10. The van der Waals surface area contributed by atoms with Gasteiger partial charge in [0.15, 0.2) is 0 Å². The zero-order chi connectivity index (χ0) is 19.1. The first kappa shape index (κ1) is 17.7. The van der Waals surface area contributed by atoms with E-state index in [1.807, 2.05) is 25.8 Å². The highest BCUT2D eigenvalue weighted by Crippen LogP contribution is 2.36. The van der Waals surface area contributed by atoms with Crippen molar-refractivity contribution >= 4 is 16.8 Å². The molecule has 3 aromatic rings. The first-order chi connectivity index (χ1) is 13.0. The summed E-state index contributed by atoms with van der Waals surface area (Å²) in [6.07, 6.45) is 0.746. The van der Waals surface area contributed by atoms with E-state index in [4.69, 9.17) is 0 Å². The van der Waals surface area contributed by atoms with Crippen molar-refractivity contribution < 1.29 is 9.18 Å².